The van der Waals surface area contributed by atoms with Crippen molar-refractivity contribution in [2.45, 2.75) is 13.5 Å². The fourth-order valence-electron chi connectivity index (χ4n) is 2.06. The molecule has 0 amide bonds. The Labute approximate surface area is 153 Å². The van der Waals surface area contributed by atoms with E-state index < -0.39 is 0 Å². The van der Waals surface area contributed by atoms with E-state index in [4.69, 9.17) is 17.0 Å². The van der Waals surface area contributed by atoms with Crippen LogP contribution in [0, 0.1) is 11.7 Å². The standard InChI is InChI=1S/C17H15BrN4OS/c1-12-20-21-17(24)22(12)19-10-14-3-2-4-16(9-14)23-11-13-5-7-15(18)8-6-13/h2-10H,11H2,1H3,(H,21,24)/b19-10-. The van der Waals surface area contributed by atoms with Gasteiger partial charge in [-0.05, 0) is 54.5 Å². The summed E-state index contributed by atoms with van der Waals surface area (Å²) in [7, 11) is 0. The highest BCUT2D eigenvalue weighted by molar-refractivity contribution is 9.10. The summed E-state index contributed by atoms with van der Waals surface area (Å²) in [5.41, 5.74) is 2.03. The minimum Gasteiger partial charge on any atom is -0.489 e. The average Bonchev–Trinajstić information content (AvgIpc) is 2.91. The van der Waals surface area contributed by atoms with Gasteiger partial charge in [-0.25, -0.2) is 0 Å². The molecule has 7 heteroatoms. The number of ether oxygens (including phenoxy) is 1. The fraction of sp³-hybridized carbons (Fsp3) is 0.118. The average molecular weight is 403 g/mol. The first-order chi connectivity index (χ1) is 11.6. The lowest BCUT2D eigenvalue weighted by Crippen LogP contribution is -1.97. The number of aryl methyl sites for hydroxylation is 1. The molecule has 1 aromatic heterocycles. The molecule has 0 saturated heterocycles. The zero-order valence-corrected chi connectivity index (χ0v) is 15.3. The van der Waals surface area contributed by atoms with Gasteiger partial charge in [0.2, 0.25) is 4.77 Å². The van der Waals surface area contributed by atoms with Crippen LogP contribution in [0.1, 0.15) is 17.0 Å². The number of nitrogens with zero attached hydrogens (tertiary/aromatic N) is 3. The molecule has 3 rings (SSSR count). The number of benzene rings is 2. The van der Waals surface area contributed by atoms with Crippen molar-refractivity contribution in [3.63, 3.8) is 0 Å². The zero-order chi connectivity index (χ0) is 16.9. The Bertz CT molecular complexity index is 915. The Morgan fingerprint density at radius 1 is 1.29 bits per heavy atom. The van der Waals surface area contributed by atoms with Gasteiger partial charge in [0.1, 0.15) is 18.2 Å². The van der Waals surface area contributed by atoms with Gasteiger partial charge in [-0.15, -0.1) is 0 Å². The van der Waals surface area contributed by atoms with Crippen molar-refractivity contribution >= 4 is 34.4 Å². The van der Waals surface area contributed by atoms with E-state index >= 15 is 0 Å². The van der Waals surface area contributed by atoms with Gasteiger partial charge >= 0.3 is 0 Å². The van der Waals surface area contributed by atoms with Crippen LogP contribution in [0.2, 0.25) is 0 Å². The fourth-order valence-corrected chi connectivity index (χ4v) is 2.55. The number of hydrogen-bond donors (Lipinski definition) is 1. The molecule has 0 aliphatic carbocycles. The molecule has 0 atom stereocenters. The molecule has 0 bridgehead atoms. The van der Waals surface area contributed by atoms with Gasteiger partial charge in [0, 0.05) is 4.47 Å². The second kappa shape index (κ2) is 7.55. The molecule has 122 valence electrons. The number of rotatable bonds is 5. The topological polar surface area (TPSA) is 55.2 Å². The predicted octanol–water partition coefficient (Wildman–Crippen LogP) is 4.47. The van der Waals surface area contributed by atoms with Crippen LogP contribution < -0.4 is 4.74 Å². The Morgan fingerprint density at radius 2 is 2.08 bits per heavy atom. The van der Waals surface area contributed by atoms with Crippen molar-refractivity contribution < 1.29 is 4.74 Å². The lowest BCUT2D eigenvalue weighted by molar-refractivity contribution is 0.306. The van der Waals surface area contributed by atoms with E-state index in [0.717, 1.165) is 21.3 Å². The van der Waals surface area contributed by atoms with Crippen LogP contribution in [0.4, 0.5) is 0 Å². The van der Waals surface area contributed by atoms with Crippen molar-refractivity contribution in [3.8, 4) is 5.75 Å². The molecule has 0 saturated carbocycles. The van der Waals surface area contributed by atoms with Gasteiger partial charge in [-0.2, -0.15) is 14.9 Å². The second-order valence-corrected chi connectivity index (χ2v) is 6.42. The third-order valence-electron chi connectivity index (χ3n) is 3.31. The molecule has 0 fully saturated rings. The summed E-state index contributed by atoms with van der Waals surface area (Å²) in [5, 5.41) is 11.1. The van der Waals surface area contributed by atoms with E-state index in [2.05, 4.69) is 31.2 Å². The molecule has 0 radical (unpaired) electrons. The van der Waals surface area contributed by atoms with Gasteiger partial charge < -0.3 is 4.74 Å². The van der Waals surface area contributed by atoms with Crippen LogP contribution in [0.3, 0.4) is 0 Å². The second-order valence-electron chi connectivity index (χ2n) is 5.12. The van der Waals surface area contributed by atoms with Crippen LogP contribution >= 0.6 is 28.1 Å². The van der Waals surface area contributed by atoms with Gasteiger partial charge in [0.15, 0.2) is 0 Å². The zero-order valence-electron chi connectivity index (χ0n) is 12.9. The third-order valence-corrected chi connectivity index (χ3v) is 4.10. The minimum atomic E-state index is 0.464. The largest absolute Gasteiger partial charge is 0.489 e. The van der Waals surface area contributed by atoms with Gasteiger partial charge in [0.25, 0.3) is 0 Å². The smallest absolute Gasteiger partial charge is 0.216 e. The van der Waals surface area contributed by atoms with E-state index in [-0.39, 0.29) is 0 Å². The number of halogens is 1. The van der Waals surface area contributed by atoms with E-state index in [9.17, 15) is 0 Å². The summed E-state index contributed by atoms with van der Waals surface area (Å²) >= 11 is 8.55. The Morgan fingerprint density at radius 3 is 2.79 bits per heavy atom. The highest BCUT2D eigenvalue weighted by Gasteiger charge is 2.00. The summed E-state index contributed by atoms with van der Waals surface area (Å²) in [5.74, 6) is 1.49. The van der Waals surface area contributed by atoms with Crippen molar-refractivity contribution in [2.24, 2.45) is 5.10 Å². The minimum absolute atomic E-state index is 0.464. The molecule has 0 unspecified atom stereocenters. The molecule has 3 aromatic rings. The van der Waals surface area contributed by atoms with Gasteiger partial charge in [0.05, 0.1) is 6.21 Å². The Balaban J connectivity index is 1.70. The van der Waals surface area contributed by atoms with E-state index in [1.54, 1.807) is 10.9 Å². The number of aromatic nitrogens is 3. The summed E-state index contributed by atoms with van der Waals surface area (Å²) in [4.78, 5) is 0. The first kappa shape index (κ1) is 16.6. The van der Waals surface area contributed by atoms with Crippen molar-refractivity contribution in [1.82, 2.24) is 14.9 Å². The molecule has 24 heavy (non-hydrogen) atoms. The Hall–Kier alpha value is -2.25. The van der Waals surface area contributed by atoms with Crippen LogP contribution in [0.15, 0.2) is 58.1 Å². The summed E-state index contributed by atoms with van der Waals surface area (Å²) in [6, 6.07) is 15.8. The van der Waals surface area contributed by atoms with Crippen LogP contribution in [0.25, 0.3) is 0 Å². The van der Waals surface area contributed by atoms with Crippen LogP contribution in [-0.2, 0) is 6.61 Å². The molecule has 1 heterocycles. The number of nitrogens with one attached hydrogen (secondary N) is 1. The maximum absolute atomic E-state index is 5.83. The van der Waals surface area contributed by atoms with E-state index in [1.807, 2.05) is 55.5 Å². The Kier molecular flexibility index (Phi) is 5.22. The SMILES string of the molecule is Cc1n[nH]c(=S)n1/N=C\c1cccc(OCc2ccc(Br)cc2)c1. The van der Waals surface area contributed by atoms with Gasteiger partial charge in [-0.3, -0.25) is 5.10 Å². The monoisotopic (exact) mass is 402 g/mol. The first-order valence-electron chi connectivity index (χ1n) is 7.27. The summed E-state index contributed by atoms with van der Waals surface area (Å²) in [6.45, 7) is 2.35. The summed E-state index contributed by atoms with van der Waals surface area (Å²) < 4.78 is 8.93. The van der Waals surface area contributed by atoms with Crippen LogP contribution in [0.5, 0.6) is 5.75 Å². The molecule has 1 N–H and O–H groups in total. The molecule has 0 aliphatic heterocycles. The predicted molar refractivity (Wildman–Crippen MR) is 100 cm³/mol. The molecule has 5 nitrogen and oxygen atoms in total. The van der Waals surface area contributed by atoms with Crippen LogP contribution in [-0.4, -0.2) is 21.1 Å². The lowest BCUT2D eigenvalue weighted by Gasteiger charge is -2.07. The molecule has 0 spiro atoms. The lowest BCUT2D eigenvalue weighted by atomic mass is 10.2. The summed E-state index contributed by atoms with van der Waals surface area (Å²) in [6.07, 6.45) is 1.73. The van der Waals surface area contributed by atoms with Crippen molar-refractivity contribution in [3.05, 3.63) is 74.7 Å². The first-order valence-corrected chi connectivity index (χ1v) is 8.47. The quantitative estimate of drug-likeness (QED) is 0.505. The molecule has 0 aliphatic rings. The number of hydrogen-bond acceptors (Lipinski definition) is 4. The maximum Gasteiger partial charge on any atom is 0.216 e. The third kappa shape index (κ3) is 4.18. The van der Waals surface area contributed by atoms with E-state index in [1.165, 1.54) is 0 Å². The van der Waals surface area contributed by atoms with Crippen molar-refractivity contribution in [2.75, 3.05) is 0 Å². The normalized spacial score (nSPS) is 11.1. The van der Waals surface area contributed by atoms with Crippen molar-refractivity contribution in [1.29, 1.82) is 0 Å². The molecule has 2 aromatic carbocycles. The molecular weight excluding hydrogens is 388 g/mol. The van der Waals surface area contributed by atoms with Gasteiger partial charge in [-0.1, -0.05) is 40.2 Å². The maximum atomic E-state index is 5.83. The van der Waals surface area contributed by atoms with E-state index in [0.29, 0.717) is 17.2 Å². The highest BCUT2D eigenvalue weighted by atomic mass is 79.9. The number of H-pyrrole nitrogens is 1. The number of aromatic amines is 1. The molecular formula is C17H15BrN4OS. The highest BCUT2D eigenvalue weighted by Crippen LogP contribution is 2.16.